The molecule has 0 unspecified atom stereocenters. The Morgan fingerprint density at radius 2 is 2.08 bits per heavy atom. The van der Waals surface area contributed by atoms with Crippen LogP contribution in [0.5, 0.6) is 0 Å². The summed E-state index contributed by atoms with van der Waals surface area (Å²) in [7, 11) is 1.41. The second-order valence-electron chi connectivity index (χ2n) is 2.89. The Bertz CT molecular complexity index is 176. The van der Waals surface area contributed by atoms with Gasteiger partial charge in [0.2, 0.25) is 0 Å². The largest absolute Gasteiger partial charge is 0.465 e. The van der Waals surface area contributed by atoms with Gasteiger partial charge in [-0.1, -0.05) is 32.3 Å². The molecule has 0 aromatic carbocycles. The van der Waals surface area contributed by atoms with Gasteiger partial charge in [-0.25, -0.2) is 4.79 Å². The minimum absolute atomic E-state index is 0.226. The first-order valence-electron chi connectivity index (χ1n) is 4.66. The Hall–Kier alpha value is -0.0600. The third-order valence-corrected chi connectivity index (χ3v) is 2.64. The van der Waals surface area contributed by atoms with E-state index in [1.165, 1.54) is 26.4 Å². The lowest BCUT2D eigenvalue weighted by Gasteiger charge is -1.97. The van der Waals surface area contributed by atoms with Crippen LogP contribution in [0.25, 0.3) is 0 Å². The molecule has 76 valence electrons. The summed E-state index contributed by atoms with van der Waals surface area (Å²) in [6, 6.07) is 0. The Kier molecular flexibility index (Phi) is 8.49. The van der Waals surface area contributed by atoms with Crippen LogP contribution in [0, 0.1) is 0 Å². The second-order valence-corrected chi connectivity index (χ2v) is 4.06. The molecule has 0 amide bonds. The maximum Gasteiger partial charge on any atom is 0.343 e. The molecule has 2 nitrogen and oxygen atoms in total. The average Bonchev–Trinajstić information content (AvgIpc) is 2.16. The van der Waals surface area contributed by atoms with Crippen LogP contribution in [0.3, 0.4) is 0 Å². The summed E-state index contributed by atoms with van der Waals surface area (Å²) in [4.78, 5) is 10.9. The van der Waals surface area contributed by atoms with Gasteiger partial charge in [-0.15, -0.1) is 0 Å². The lowest BCUT2D eigenvalue weighted by Crippen LogP contribution is -1.98. The molecule has 0 saturated heterocycles. The molecule has 0 fully saturated rings. The van der Waals surface area contributed by atoms with E-state index in [-0.39, 0.29) is 5.97 Å². The SMILES string of the molecule is CCCCCCC=C(I)C(=O)OC. The molecule has 13 heavy (non-hydrogen) atoms. The Balaban J connectivity index is 3.53. The van der Waals surface area contributed by atoms with Crippen molar-refractivity contribution >= 4 is 28.6 Å². The molecule has 0 aromatic heterocycles. The third-order valence-electron chi connectivity index (χ3n) is 1.76. The van der Waals surface area contributed by atoms with Gasteiger partial charge in [-0.3, -0.25) is 0 Å². The van der Waals surface area contributed by atoms with Gasteiger partial charge in [-0.2, -0.15) is 0 Å². The molecule has 0 spiro atoms. The third kappa shape index (κ3) is 7.05. The van der Waals surface area contributed by atoms with Crippen molar-refractivity contribution in [3.05, 3.63) is 9.66 Å². The molecule has 0 N–H and O–H groups in total. The summed E-state index contributed by atoms with van der Waals surface area (Å²) in [5.41, 5.74) is 0. The van der Waals surface area contributed by atoms with Crippen molar-refractivity contribution < 1.29 is 9.53 Å². The van der Waals surface area contributed by atoms with Crippen LogP contribution < -0.4 is 0 Å². The summed E-state index contributed by atoms with van der Waals surface area (Å²) in [6.07, 6.45) is 7.87. The minimum atomic E-state index is -0.226. The first-order chi connectivity index (χ1) is 6.22. The number of hydrogen-bond donors (Lipinski definition) is 0. The van der Waals surface area contributed by atoms with Gasteiger partial charge >= 0.3 is 5.97 Å². The smallest absolute Gasteiger partial charge is 0.343 e. The fourth-order valence-corrected chi connectivity index (χ4v) is 1.51. The van der Waals surface area contributed by atoms with Crippen molar-refractivity contribution in [2.24, 2.45) is 0 Å². The molecule has 0 saturated carbocycles. The van der Waals surface area contributed by atoms with Crippen LogP contribution in [-0.4, -0.2) is 13.1 Å². The van der Waals surface area contributed by atoms with Gasteiger partial charge in [0.1, 0.15) is 0 Å². The topological polar surface area (TPSA) is 26.3 Å². The molecule has 0 aliphatic rings. The van der Waals surface area contributed by atoms with Gasteiger partial charge in [0, 0.05) is 0 Å². The maximum absolute atomic E-state index is 10.9. The Labute approximate surface area is 93.9 Å². The first-order valence-corrected chi connectivity index (χ1v) is 5.74. The molecule has 0 atom stereocenters. The van der Waals surface area contributed by atoms with E-state index >= 15 is 0 Å². The van der Waals surface area contributed by atoms with Gasteiger partial charge in [-0.05, 0) is 35.4 Å². The predicted octanol–water partition coefficient (Wildman–Crippen LogP) is 3.45. The molecule has 0 bridgehead atoms. The van der Waals surface area contributed by atoms with E-state index in [1.807, 2.05) is 28.7 Å². The van der Waals surface area contributed by atoms with Crippen LogP contribution in [0.2, 0.25) is 0 Å². The highest BCUT2D eigenvalue weighted by atomic mass is 127. The minimum Gasteiger partial charge on any atom is -0.465 e. The summed E-state index contributed by atoms with van der Waals surface area (Å²) in [6.45, 7) is 2.19. The monoisotopic (exact) mass is 296 g/mol. The summed E-state index contributed by atoms with van der Waals surface area (Å²) in [5, 5.41) is 0. The highest BCUT2D eigenvalue weighted by Gasteiger charge is 2.02. The summed E-state index contributed by atoms with van der Waals surface area (Å²) in [5.74, 6) is -0.226. The number of hydrogen-bond acceptors (Lipinski definition) is 2. The molecule has 0 radical (unpaired) electrons. The van der Waals surface area contributed by atoms with E-state index in [0.717, 1.165) is 12.8 Å². The van der Waals surface area contributed by atoms with Crippen molar-refractivity contribution in [2.45, 2.75) is 39.0 Å². The van der Waals surface area contributed by atoms with Gasteiger partial charge in [0.05, 0.1) is 10.7 Å². The van der Waals surface area contributed by atoms with Gasteiger partial charge < -0.3 is 4.74 Å². The highest BCUT2D eigenvalue weighted by Crippen LogP contribution is 2.11. The molecule has 3 heteroatoms. The fraction of sp³-hybridized carbons (Fsp3) is 0.700. The zero-order valence-corrected chi connectivity index (χ0v) is 10.5. The van der Waals surface area contributed by atoms with Crippen LogP contribution in [0.15, 0.2) is 9.66 Å². The molecule has 0 aliphatic carbocycles. The van der Waals surface area contributed by atoms with E-state index in [0.29, 0.717) is 3.58 Å². The first kappa shape index (κ1) is 12.9. The van der Waals surface area contributed by atoms with Crippen molar-refractivity contribution in [3.8, 4) is 0 Å². The Morgan fingerprint density at radius 3 is 2.62 bits per heavy atom. The quantitative estimate of drug-likeness (QED) is 0.325. The normalized spacial score (nSPS) is 11.5. The van der Waals surface area contributed by atoms with E-state index in [4.69, 9.17) is 0 Å². The average molecular weight is 296 g/mol. The molecule has 0 rings (SSSR count). The second kappa shape index (κ2) is 8.53. The zero-order chi connectivity index (χ0) is 10.1. The van der Waals surface area contributed by atoms with E-state index in [2.05, 4.69) is 11.7 Å². The number of unbranched alkanes of at least 4 members (excludes halogenated alkanes) is 4. The van der Waals surface area contributed by atoms with Crippen molar-refractivity contribution in [1.82, 2.24) is 0 Å². The number of halogens is 1. The summed E-state index contributed by atoms with van der Waals surface area (Å²) < 4.78 is 5.27. The number of ether oxygens (including phenoxy) is 1. The van der Waals surface area contributed by atoms with E-state index in [9.17, 15) is 4.79 Å². The molecular formula is C10H17IO2. The van der Waals surface area contributed by atoms with Crippen molar-refractivity contribution in [1.29, 1.82) is 0 Å². The van der Waals surface area contributed by atoms with Gasteiger partial charge in [0.15, 0.2) is 0 Å². The fourth-order valence-electron chi connectivity index (χ4n) is 0.981. The molecular weight excluding hydrogens is 279 g/mol. The lowest BCUT2D eigenvalue weighted by molar-refractivity contribution is -0.135. The highest BCUT2D eigenvalue weighted by molar-refractivity contribution is 14.1. The van der Waals surface area contributed by atoms with Crippen LogP contribution in [0.1, 0.15) is 39.0 Å². The molecule has 0 heterocycles. The van der Waals surface area contributed by atoms with Crippen LogP contribution >= 0.6 is 22.6 Å². The van der Waals surface area contributed by atoms with Gasteiger partial charge in [0.25, 0.3) is 0 Å². The van der Waals surface area contributed by atoms with Crippen LogP contribution in [-0.2, 0) is 9.53 Å². The predicted molar refractivity (Wildman–Crippen MR) is 62.9 cm³/mol. The zero-order valence-electron chi connectivity index (χ0n) is 8.31. The number of esters is 1. The Morgan fingerprint density at radius 1 is 1.38 bits per heavy atom. The van der Waals surface area contributed by atoms with E-state index < -0.39 is 0 Å². The number of carbonyl (C=O) groups excluding carboxylic acids is 1. The summed E-state index contributed by atoms with van der Waals surface area (Å²) >= 11 is 2.02. The van der Waals surface area contributed by atoms with Crippen LogP contribution in [0.4, 0.5) is 0 Å². The number of rotatable bonds is 6. The van der Waals surface area contributed by atoms with E-state index in [1.54, 1.807) is 0 Å². The van der Waals surface area contributed by atoms with Crippen molar-refractivity contribution in [3.63, 3.8) is 0 Å². The number of methoxy groups -OCH3 is 1. The maximum atomic E-state index is 10.9. The molecule has 0 aromatic rings. The van der Waals surface area contributed by atoms with Crippen molar-refractivity contribution in [2.75, 3.05) is 7.11 Å². The number of carbonyl (C=O) groups is 1. The standard InChI is InChI=1S/C10H17IO2/c1-3-4-5-6-7-8-9(11)10(12)13-2/h8H,3-7H2,1-2H3. The molecule has 0 aliphatic heterocycles. The lowest BCUT2D eigenvalue weighted by atomic mass is 10.1. The number of allylic oxidation sites excluding steroid dienone is 1.